The zero-order valence-electron chi connectivity index (χ0n) is 26.3. The smallest absolute Gasteiger partial charge is 0.0137 e. The molecule has 0 saturated carbocycles. The van der Waals surface area contributed by atoms with Gasteiger partial charge in [0.05, 0.1) is 0 Å². The first-order valence-corrected chi connectivity index (χ1v) is 19.6. The monoisotopic (exact) mass is 630 g/mol. The predicted molar refractivity (Wildman–Crippen MR) is 203 cm³/mol. The summed E-state index contributed by atoms with van der Waals surface area (Å²) in [5.41, 5.74) is 5.68. The van der Waals surface area contributed by atoms with Crippen LogP contribution in [0.25, 0.3) is 10.8 Å². The number of allylic oxidation sites excluding steroid dienone is 2. The van der Waals surface area contributed by atoms with Crippen LogP contribution in [0.4, 0.5) is 0 Å². The maximum absolute atomic E-state index is 2.52. The summed E-state index contributed by atoms with van der Waals surface area (Å²) in [5, 5.41) is 10.2. The Hall–Kier alpha value is -3.82. The van der Waals surface area contributed by atoms with Crippen LogP contribution in [0.15, 0.2) is 169 Å². The first-order valence-electron chi connectivity index (χ1n) is 16.9. The van der Waals surface area contributed by atoms with E-state index in [2.05, 4.69) is 158 Å². The minimum atomic E-state index is -0.752. The second-order valence-corrected chi connectivity index (χ2v) is 17.3. The lowest BCUT2D eigenvalue weighted by Crippen LogP contribution is -2.35. The van der Waals surface area contributed by atoms with Gasteiger partial charge in [-0.15, -0.1) is 0 Å². The van der Waals surface area contributed by atoms with Crippen LogP contribution in [0.2, 0.25) is 0 Å². The van der Waals surface area contributed by atoms with Crippen molar-refractivity contribution in [2.24, 2.45) is 0 Å². The van der Waals surface area contributed by atoms with Crippen LogP contribution in [0, 0.1) is 0 Å². The van der Waals surface area contributed by atoms with E-state index in [1.165, 1.54) is 75.8 Å². The van der Waals surface area contributed by atoms with E-state index in [0.29, 0.717) is 11.6 Å². The zero-order chi connectivity index (χ0) is 30.7. The number of hydrogen-bond acceptors (Lipinski definition) is 0. The van der Waals surface area contributed by atoms with Gasteiger partial charge in [0, 0.05) is 5.92 Å². The zero-order valence-corrected chi connectivity index (χ0v) is 28.1. The Labute approximate surface area is 276 Å². The fourth-order valence-corrected chi connectivity index (χ4v) is 13.7. The van der Waals surface area contributed by atoms with Crippen molar-refractivity contribution in [1.82, 2.24) is 0 Å². The first-order chi connectivity index (χ1) is 22.9. The van der Waals surface area contributed by atoms with Crippen LogP contribution in [0.1, 0.15) is 50.0 Å². The Kier molecular flexibility index (Phi) is 8.68. The highest BCUT2D eigenvalue weighted by molar-refractivity contribution is 7.80. The summed E-state index contributed by atoms with van der Waals surface area (Å²) in [6.07, 6.45) is 7.66. The molecule has 8 rings (SSSR count). The van der Waals surface area contributed by atoms with Crippen molar-refractivity contribution in [3.63, 3.8) is 0 Å². The van der Waals surface area contributed by atoms with Gasteiger partial charge in [0.2, 0.25) is 0 Å². The molecule has 0 nitrogen and oxygen atoms in total. The minimum Gasteiger partial charge on any atom is -0.0703 e. The van der Waals surface area contributed by atoms with Crippen LogP contribution in [-0.2, 0) is 0 Å². The van der Waals surface area contributed by atoms with Crippen LogP contribution in [0.5, 0.6) is 0 Å². The molecule has 0 N–H and O–H groups in total. The third-order valence-electron chi connectivity index (χ3n) is 10.1. The molecule has 0 radical (unpaired) electrons. The molecule has 46 heavy (non-hydrogen) atoms. The van der Waals surface area contributed by atoms with Gasteiger partial charge in [0.15, 0.2) is 0 Å². The van der Waals surface area contributed by atoms with Crippen molar-refractivity contribution in [3.05, 3.63) is 174 Å². The van der Waals surface area contributed by atoms with Crippen molar-refractivity contribution in [1.29, 1.82) is 0 Å². The van der Waals surface area contributed by atoms with E-state index in [4.69, 9.17) is 0 Å². The standard InChI is InChI=1S/C44H40P2/c1-5-19-35(20-6-1)45(36-21-7-2-8-22-36)41-31-29-33-17-13-15-27-39(33)43(41)44-40-28-16-14-18-34(40)30-32-42(44)46(37-23-9-3-10-24-37)38-25-11-4-12-26-38/h1-13,15,17,19-27,29,31,42,44H,14,16,18,28,30,32H2. The van der Waals surface area contributed by atoms with Crippen molar-refractivity contribution in [3.8, 4) is 0 Å². The summed E-state index contributed by atoms with van der Waals surface area (Å²) in [7, 11) is -1.34. The second kappa shape index (κ2) is 13.5. The lowest BCUT2D eigenvalue weighted by molar-refractivity contribution is 0.526. The molecule has 0 heterocycles. The van der Waals surface area contributed by atoms with Gasteiger partial charge in [-0.1, -0.05) is 169 Å². The molecule has 0 fully saturated rings. The Bertz CT molecular complexity index is 1870. The highest BCUT2D eigenvalue weighted by Crippen LogP contribution is 2.57. The molecule has 0 aliphatic heterocycles. The molecule has 6 aromatic rings. The number of fused-ring (bicyclic) bond motifs is 1. The van der Waals surface area contributed by atoms with Crippen molar-refractivity contribution >= 4 is 53.1 Å². The van der Waals surface area contributed by atoms with Gasteiger partial charge < -0.3 is 0 Å². The van der Waals surface area contributed by atoms with Gasteiger partial charge in [-0.25, -0.2) is 0 Å². The van der Waals surface area contributed by atoms with E-state index in [9.17, 15) is 0 Å². The second-order valence-electron chi connectivity index (χ2n) is 12.7. The quantitative estimate of drug-likeness (QED) is 0.122. The molecule has 0 amide bonds. The highest BCUT2D eigenvalue weighted by Gasteiger charge is 2.41. The predicted octanol–water partition coefficient (Wildman–Crippen LogP) is 9.85. The fraction of sp³-hybridized carbons (Fsp3) is 0.182. The molecule has 2 atom stereocenters. The molecular formula is C44H40P2. The average Bonchev–Trinajstić information content (AvgIpc) is 3.14. The van der Waals surface area contributed by atoms with Gasteiger partial charge in [0.25, 0.3) is 0 Å². The van der Waals surface area contributed by atoms with E-state index in [0.717, 1.165) is 0 Å². The van der Waals surface area contributed by atoms with E-state index in [-0.39, 0.29) is 0 Å². The summed E-state index contributed by atoms with van der Waals surface area (Å²) < 4.78 is 0. The molecule has 0 bridgehead atoms. The van der Waals surface area contributed by atoms with E-state index in [1.54, 1.807) is 16.7 Å². The molecule has 0 aromatic heterocycles. The lowest BCUT2D eigenvalue weighted by Gasteiger charge is -2.44. The van der Waals surface area contributed by atoms with Crippen molar-refractivity contribution in [2.75, 3.05) is 0 Å². The summed E-state index contributed by atoms with van der Waals surface area (Å²) in [6.45, 7) is 0. The molecule has 2 aliphatic carbocycles. The summed E-state index contributed by atoms with van der Waals surface area (Å²) in [6, 6.07) is 59.9. The Balaban J connectivity index is 1.43. The minimum absolute atomic E-state index is 0.397. The molecule has 6 aromatic carbocycles. The van der Waals surface area contributed by atoms with Crippen molar-refractivity contribution in [2.45, 2.75) is 50.1 Å². The van der Waals surface area contributed by atoms with E-state index >= 15 is 0 Å². The highest BCUT2D eigenvalue weighted by atomic mass is 31.1. The van der Waals surface area contributed by atoms with Crippen LogP contribution in [-0.4, -0.2) is 5.66 Å². The van der Waals surface area contributed by atoms with Gasteiger partial charge >= 0.3 is 0 Å². The van der Waals surface area contributed by atoms with Crippen LogP contribution >= 0.6 is 15.8 Å². The number of benzene rings is 6. The lowest BCUT2D eigenvalue weighted by atomic mass is 9.72. The van der Waals surface area contributed by atoms with Gasteiger partial charge in [-0.3, -0.25) is 0 Å². The summed E-state index contributed by atoms with van der Waals surface area (Å²) in [5.74, 6) is 0.397. The third kappa shape index (κ3) is 5.68. The molecular weight excluding hydrogens is 590 g/mol. The summed E-state index contributed by atoms with van der Waals surface area (Å²) >= 11 is 0. The van der Waals surface area contributed by atoms with Gasteiger partial charge in [0.1, 0.15) is 0 Å². The summed E-state index contributed by atoms with van der Waals surface area (Å²) in [4.78, 5) is 0. The molecule has 2 heteroatoms. The van der Waals surface area contributed by atoms with E-state index < -0.39 is 15.8 Å². The first kappa shape index (κ1) is 29.6. The molecule has 0 spiro atoms. The van der Waals surface area contributed by atoms with Crippen LogP contribution in [0.3, 0.4) is 0 Å². The molecule has 226 valence electrons. The maximum atomic E-state index is 2.52. The van der Waals surface area contributed by atoms with Crippen LogP contribution < -0.4 is 26.5 Å². The number of hydrogen-bond donors (Lipinski definition) is 0. The Morgan fingerprint density at radius 2 is 0.978 bits per heavy atom. The SMILES string of the molecule is c1ccc(P(c2ccccc2)c2ccc3ccccc3c2C2C3=C(CCCC3)CCC2P(c2ccccc2)c2ccccc2)cc1. The third-order valence-corrected chi connectivity index (χ3v) is 15.5. The normalized spacial score (nSPS) is 18.2. The molecule has 2 unspecified atom stereocenters. The Morgan fingerprint density at radius 3 is 1.59 bits per heavy atom. The number of rotatable bonds is 7. The van der Waals surface area contributed by atoms with Crippen molar-refractivity contribution < 1.29 is 0 Å². The fourth-order valence-electron chi connectivity index (χ4n) is 8.11. The maximum Gasteiger partial charge on any atom is 0.0137 e. The topological polar surface area (TPSA) is 0 Å². The molecule has 0 saturated heterocycles. The largest absolute Gasteiger partial charge is 0.0703 e. The Morgan fingerprint density at radius 1 is 0.457 bits per heavy atom. The van der Waals surface area contributed by atoms with Gasteiger partial charge in [-0.2, -0.15) is 0 Å². The van der Waals surface area contributed by atoms with Gasteiger partial charge in [-0.05, 0) is 103 Å². The molecule has 2 aliphatic rings. The average molecular weight is 631 g/mol. The van der Waals surface area contributed by atoms with E-state index in [1.807, 2.05) is 0 Å².